The maximum atomic E-state index is 13.1. The Morgan fingerprint density at radius 2 is 0.818 bits per heavy atom. The maximum absolute atomic E-state index is 13.1. The first-order valence-electron chi connectivity index (χ1n) is 34.5. The molecule has 0 saturated carbocycles. The van der Waals surface area contributed by atoms with Gasteiger partial charge in [-0.1, -0.05) is 93.6 Å². The molecule has 0 bridgehead atoms. The predicted octanol–water partition coefficient (Wildman–Crippen LogP) is 15.6. The number of methoxy groups -OCH3 is 1. The molecule has 5 N–H and O–H groups in total. The van der Waals surface area contributed by atoms with E-state index in [0.29, 0.717) is 25.7 Å². The van der Waals surface area contributed by atoms with Crippen LogP contribution in [0.15, 0.2) is 201 Å². The van der Waals surface area contributed by atoms with Crippen LogP contribution in [0.4, 0.5) is 38.9 Å². The molecule has 99 heavy (non-hydrogen) atoms. The number of hydrogen-bond acceptors (Lipinski definition) is 12. The van der Waals surface area contributed by atoms with Gasteiger partial charge in [-0.15, -0.1) is 0 Å². The second kappa shape index (κ2) is 33.3. The second-order valence-corrected chi connectivity index (χ2v) is 27.2. The van der Waals surface area contributed by atoms with Crippen molar-refractivity contribution < 1.29 is 29.0 Å². The number of anilines is 6. The molecule has 4 unspecified atom stereocenters. The molecule has 3 aliphatic rings. The van der Waals surface area contributed by atoms with Crippen LogP contribution in [-0.4, -0.2) is 127 Å². The molecule has 12 rings (SSSR count). The summed E-state index contributed by atoms with van der Waals surface area (Å²) < 4.78 is 5.48. The zero-order chi connectivity index (χ0) is 70.2. The Balaban J connectivity index is 0.000000162. The van der Waals surface area contributed by atoms with Crippen molar-refractivity contribution in [3.05, 3.63) is 234 Å². The molecule has 514 valence electrons. The number of carboxylic acid groups (broad SMARTS) is 1. The van der Waals surface area contributed by atoms with Crippen LogP contribution >= 0.6 is 0 Å². The van der Waals surface area contributed by atoms with Crippen molar-refractivity contribution >= 4 is 57.9 Å². The fraction of sp³-hybridized carbons (Fsp3) is 0.329. The first-order chi connectivity index (χ1) is 47.7. The number of aromatic nitrogens is 3. The van der Waals surface area contributed by atoms with Crippen LogP contribution in [0, 0.1) is 26.2 Å². The van der Waals surface area contributed by atoms with Crippen molar-refractivity contribution in [2.75, 3.05) is 96.7 Å². The van der Waals surface area contributed by atoms with E-state index in [1.54, 1.807) is 18.2 Å². The summed E-state index contributed by atoms with van der Waals surface area (Å²) in [7, 11) is 1.79. The number of nitrogens with zero attached hydrogens (tertiary/aromatic N) is 7. The normalized spacial score (nSPS) is 15.8. The summed E-state index contributed by atoms with van der Waals surface area (Å²) in [5.41, 5.74) is 18.1. The van der Waals surface area contributed by atoms with Gasteiger partial charge >= 0.3 is 6.09 Å². The van der Waals surface area contributed by atoms with E-state index in [2.05, 4.69) is 114 Å². The Hall–Kier alpha value is -10.2. The number of amides is 4. The summed E-state index contributed by atoms with van der Waals surface area (Å²) in [6.07, 6.45) is 6.98. The van der Waals surface area contributed by atoms with E-state index in [9.17, 15) is 24.3 Å². The minimum Gasteiger partial charge on any atom is -0.465 e. The highest BCUT2D eigenvalue weighted by molar-refractivity contribution is 5.97. The lowest BCUT2D eigenvalue weighted by Gasteiger charge is -2.46. The van der Waals surface area contributed by atoms with Crippen molar-refractivity contribution in [1.29, 1.82) is 0 Å². The summed E-state index contributed by atoms with van der Waals surface area (Å²) in [5, 5.41) is 22.2. The van der Waals surface area contributed by atoms with E-state index >= 15 is 0 Å². The molecule has 6 aromatic carbocycles. The number of carbonyl (C=O) groups is 4. The van der Waals surface area contributed by atoms with E-state index in [1.165, 1.54) is 11.4 Å². The number of aryl methyl sites for hydroxylation is 3. The van der Waals surface area contributed by atoms with Gasteiger partial charge < -0.3 is 50.7 Å². The van der Waals surface area contributed by atoms with Crippen LogP contribution in [0.1, 0.15) is 106 Å². The van der Waals surface area contributed by atoms with E-state index in [0.717, 1.165) is 142 Å². The molecule has 17 heteroatoms. The molecular weight excluding hydrogens is 1230 g/mol. The summed E-state index contributed by atoms with van der Waals surface area (Å²) in [5.74, 6) is -0.897. The van der Waals surface area contributed by atoms with Gasteiger partial charge in [-0.3, -0.25) is 29.3 Å². The van der Waals surface area contributed by atoms with Crippen LogP contribution in [0.5, 0.6) is 0 Å². The van der Waals surface area contributed by atoms with Crippen molar-refractivity contribution in [3.8, 4) is 33.4 Å². The molecule has 3 fully saturated rings. The number of piperazine rings is 2. The molecule has 17 nitrogen and oxygen atoms in total. The first kappa shape index (κ1) is 71.5. The molecule has 3 aromatic heterocycles. The molecule has 3 saturated heterocycles. The third kappa shape index (κ3) is 19.3. The third-order valence-corrected chi connectivity index (χ3v) is 19.1. The molecule has 0 radical (unpaired) electrons. The topological polar surface area (TPSA) is 197 Å². The van der Waals surface area contributed by atoms with Gasteiger partial charge in [0.1, 0.15) is 0 Å². The van der Waals surface area contributed by atoms with Gasteiger partial charge in [0.2, 0.25) is 17.7 Å². The molecule has 6 heterocycles. The Bertz CT molecular complexity index is 4180. The smallest absolute Gasteiger partial charge is 0.407 e. The van der Waals surface area contributed by atoms with Crippen molar-refractivity contribution in [2.45, 2.75) is 105 Å². The molecule has 4 atom stereocenters. The van der Waals surface area contributed by atoms with Crippen LogP contribution in [0.25, 0.3) is 33.4 Å². The lowest BCUT2D eigenvalue weighted by Crippen LogP contribution is -2.59. The van der Waals surface area contributed by atoms with Gasteiger partial charge in [-0.05, 0) is 219 Å². The Labute approximate surface area is 584 Å². The van der Waals surface area contributed by atoms with E-state index < -0.39 is 6.09 Å². The van der Waals surface area contributed by atoms with Crippen molar-refractivity contribution in [1.82, 2.24) is 25.2 Å². The fourth-order valence-corrected chi connectivity index (χ4v) is 12.9. The van der Waals surface area contributed by atoms with Crippen molar-refractivity contribution in [2.24, 2.45) is 5.41 Å². The molecule has 4 amide bonds. The average molecular weight is 1330 g/mol. The lowest BCUT2D eigenvalue weighted by atomic mass is 9.84. The minimum absolute atomic E-state index is 0.0000311. The molecular formula is C82H95N11O6. The number of rotatable bonds is 16. The number of ether oxygens (including phenoxy) is 1. The van der Waals surface area contributed by atoms with Gasteiger partial charge in [-0.2, -0.15) is 0 Å². The van der Waals surface area contributed by atoms with E-state index in [4.69, 9.17) is 4.74 Å². The largest absolute Gasteiger partial charge is 0.465 e. The highest BCUT2D eigenvalue weighted by atomic mass is 16.5. The molecule has 3 aliphatic heterocycles. The fourth-order valence-electron chi connectivity index (χ4n) is 12.9. The standard InChI is InChI=1S/C30H36N4O3.C27H31N3O2.C25H28N4O/c1-20-17-24(13-14-31-20)22-9-11-25(12-10-22)32-28(35)21(2)23-7-6-8-26(18-23)33-15-16-34(29(36)37)27(19-33)30(3,4)5;1-19-17-23(11-14-28-19)21-7-9-24(10-8-21)29-27(31)20(2)22-5-4-6-25(18-22)30-15-12-26(32-3)13-16-30;1-18-16-22(10-11-27-18)20-6-8-23(9-7-20)28-25(30)19(2)21-4-3-5-24(17-21)29-14-12-26-13-15-29/h6-14,17-18,21,27H,15-16,19H2,1-5H3,(H,32,35)(H,36,37);4-11,14,17-18,20,26H,12-13,15-16H2,1-3H3,(H,29,31);3-11,16-17,19,26H,12-15H2,1-2H3,(H,28,30). The van der Waals surface area contributed by atoms with Gasteiger partial charge in [0.05, 0.1) is 29.9 Å². The van der Waals surface area contributed by atoms with Crippen LogP contribution in [0.3, 0.4) is 0 Å². The van der Waals surface area contributed by atoms with Gasteiger partial charge in [-0.25, -0.2) is 4.79 Å². The number of hydrogen-bond donors (Lipinski definition) is 5. The first-order valence-corrected chi connectivity index (χ1v) is 34.5. The molecule has 0 aliphatic carbocycles. The highest BCUT2D eigenvalue weighted by Crippen LogP contribution is 2.34. The van der Waals surface area contributed by atoms with E-state index in [-0.39, 0.29) is 46.9 Å². The highest BCUT2D eigenvalue weighted by Gasteiger charge is 2.38. The molecule has 0 spiro atoms. The Kier molecular flexibility index (Phi) is 24.1. The van der Waals surface area contributed by atoms with Gasteiger partial charge in [0.15, 0.2) is 0 Å². The number of pyridine rings is 3. The van der Waals surface area contributed by atoms with Crippen molar-refractivity contribution in [3.63, 3.8) is 0 Å². The SMILES string of the molecule is COC1CCN(c2cccc(C(C)C(=O)Nc3ccc(-c4ccnc(C)c4)cc3)c2)CC1.Cc1cc(-c2ccc(NC(=O)C(C)c3cccc(N4CCN(C(=O)O)C(C(C)(C)C)C4)c3)cc2)ccn1.Cc1cc(-c2ccc(NC(=O)C(C)c3cccc(N4CCNCC4)c3)cc2)ccn1. The summed E-state index contributed by atoms with van der Waals surface area (Å²) in [4.78, 5) is 71.9. The molecule has 9 aromatic rings. The van der Waals surface area contributed by atoms with Crippen LogP contribution < -0.4 is 36.0 Å². The minimum atomic E-state index is -0.873. The zero-order valence-electron chi connectivity index (χ0n) is 58.8. The van der Waals surface area contributed by atoms with Gasteiger partial charge in [0.25, 0.3) is 0 Å². The quantitative estimate of drug-likeness (QED) is 0.0613. The Morgan fingerprint density at radius 1 is 0.465 bits per heavy atom. The van der Waals surface area contributed by atoms with E-state index in [1.807, 2.05) is 193 Å². The third-order valence-electron chi connectivity index (χ3n) is 19.1. The summed E-state index contributed by atoms with van der Waals surface area (Å²) in [6.45, 7) is 25.6. The van der Waals surface area contributed by atoms with Crippen LogP contribution in [0.2, 0.25) is 0 Å². The summed E-state index contributed by atoms with van der Waals surface area (Å²) >= 11 is 0. The summed E-state index contributed by atoms with van der Waals surface area (Å²) in [6, 6.07) is 60.4. The predicted molar refractivity (Wildman–Crippen MR) is 401 cm³/mol. The average Bonchev–Trinajstić information content (AvgIpc) is 0.828. The number of benzene rings is 6. The lowest BCUT2D eigenvalue weighted by molar-refractivity contribution is -0.118. The van der Waals surface area contributed by atoms with Crippen LogP contribution in [-0.2, 0) is 19.1 Å². The zero-order valence-corrected chi connectivity index (χ0v) is 58.8. The number of nitrogens with one attached hydrogen (secondary N) is 4. The number of carbonyl (C=O) groups excluding carboxylic acids is 3. The van der Waals surface area contributed by atoms with Gasteiger partial charge in [0, 0.05) is 136 Å². The second-order valence-electron chi connectivity index (χ2n) is 27.2. The maximum Gasteiger partial charge on any atom is 0.407 e. The Morgan fingerprint density at radius 3 is 1.15 bits per heavy atom. The monoisotopic (exact) mass is 1330 g/mol. The number of piperidine rings is 1.